The number of likely N-dealkylation sites (tertiary alicyclic amines) is 2. The standard InChI is InChI=1S/C33H46N2O3.C22H34N2/c1-4-37-31-19-18-29(22-32(31)38-5-2)33(36)35(23-26(3)21-27-13-8-6-9-14-27)25-30-17-12-20-34(30)24-28-15-10-7-11-16-28;1-19(15-20-9-4-2-5-10-20)16-23-17-22-13-8-14-24(22)18-21-11-6-3-7-12-21/h6,8-9,13-14,18-19,21-22,28,30H,4-5,7,10-12,15-17,20,23-25H2,1-3H3;2,4-5,9-10,15,21-23H,3,6-8,11-14,16-18H2,1H3/b26-21+;19-15+/t30-;22-/m00/s1. The van der Waals surface area contributed by atoms with Crippen molar-refractivity contribution < 1.29 is 14.3 Å². The lowest BCUT2D eigenvalue weighted by molar-refractivity contribution is 0.0709. The summed E-state index contributed by atoms with van der Waals surface area (Å²) < 4.78 is 11.6. The van der Waals surface area contributed by atoms with Crippen LogP contribution >= 0.6 is 0 Å². The van der Waals surface area contributed by atoms with Gasteiger partial charge >= 0.3 is 0 Å². The van der Waals surface area contributed by atoms with Crippen LogP contribution in [0.25, 0.3) is 12.2 Å². The minimum absolute atomic E-state index is 0.0549. The van der Waals surface area contributed by atoms with Gasteiger partial charge in [0.1, 0.15) is 0 Å². The van der Waals surface area contributed by atoms with Crippen molar-refractivity contribution in [3.63, 3.8) is 0 Å². The highest BCUT2D eigenvalue weighted by molar-refractivity contribution is 5.95. The molecule has 4 aliphatic rings. The number of amides is 1. The van der Waals surface area contributed by atoms with E-state index in [1.54, 1.807) is 0 Å². The average molecular weight is 845 g/mol. The topological polar surface area (TPSA) is 57.3 Å². The van der Waals surface area contributed by atoms with Gasteiger partial charge in [-0.15, -0.1) is 0 Å². The summed E-state index contributed by atoms with van der Waals surface area (Å²) >= 11 is 0. The zero-order chi connectivity index (χ0) is 43.4. The molecule has 1 amide bonds. The Morgan fingerprint density at radius 3 is 1.76 bits per heavy atom. The Balaban J connectivity index is 0.000000229. The Labute approximate surface area is 376 Å². The van der Waals surface area contributed by atoms with Gasteiger partial charge in [0.2, 0.25) is 0 Å². The van der Waals surface area contributed by atoms with E-state index < -0.39 is 0 Å². The van der Waals surface area contributed by atoms with Gasteiger partial charge in [0.15, 0.2) is 11.5 Å². The van der Waals surface area contributed by atoms with Gasteiger partial charge in [-0.05, 0) is 133 Å². The van der Waals surface area contributed by atoms with Gasteiger partial charge < -0.3 is 19.7 Å². The predicted octanol–water partition coefficient (Wildman–Crippen LogP) is 11.8. The lowest BCUT2D eigenvalue weighted by Crippen LogP contribution is -2.45. The van der Waals surface area contributed by atoms with Crippen molar-refractivity contribution in [1.29, 1.82) is 0 Å². The van der Waals surface area contributed by atoms with Crippen molar-refractivity contribution >= 4 is 18.1 Å². The maximum absolute atomic E-state index is 14.0. The first-order chi connectivity index (χ1) is 30.4. The zero-order valence-corrected chi connectivity index (χ0v) is 39.0. The summed E-state index contributed by atoms with van der Waals surface area (Å²) in [5.41, 5.74) is 5.71. The van der Waals surface area contributed by atoms with E-state index in [9.17, 15) is 4.79 Å². The third kappa shape index (κ3) is 15.4. The second-order valence-electron chi connectivity index (χ2n) is 18.7. The summed E-state index contributed by atoms with van der Waals surface area (Å²) in [5, 5.41) is 3.70. The van der Waals surface area contributed by atoms with E-state index in [-0.39, 0.29) is 5.91 Å². The van der Waals surface area contributed by atoms with Crippen molar-refractivity contribution in [2.45, 2.75) is 130 Å². The minimum Gasteiger partial charge on any atom is -0.490 e. The molecule has 0 spiro atoms. The van der Waals surface area contributed by atoms with E-state index in [1.165, 1.54) is 120 Å². The van der Waals surface area contributed by atoms with Crippen molar-refractivity contribution in [2.75, 3.05) is 65.6 Å². The quantitative estimate of drug-likeness (QED) is 0.130. The molecule has 2 heterocycles. The molecule has 3 aromatic rings. The highest BCUT2D eigenvalue weighted by Crippen LogP contribution is 2.32. The summed E-state index contributed by atoms with van der Waals surface area (Å²) in [6.07, 6.45) is 23.8. The largest absolute Gasteiger partial charge is 0.490 e. The van der Waals surface area contributed by atoms with Crippen LogP contribution in [0, 0.1) is 11.8 Å². The molecule has 2 aliphatic heterocycles. The minimum atomic E-state index is 0.0549. The second kappa shape index (κ2) is 26.0. The number of hydrogen-bond donors (Lipinski definition) is 1. The molecule has 2 aliphatic carbocycles. The molecule has 338 valence electrons. The Kier molecular flexibility index (Phi) is 20.0. The Morgan fingerprint density at radius 2 is 1.18 bits per heavy atom. The number of carbonyl (C=O) groups is 1. The Morgan fingerprint density at radius 1 is 0.645 bits per heavy atom. The molecular weight excluding hydrogens is 765 g/mol. The summed E-state index contributed by atoms with van der Waals surface area (Å²) in [6, 6.07) is 27.8. The van der Waals surface area contributed by atoms with Crippen LogP contribution < -0.4 is 14.8 Å². The number of rotatable bonds is 19. The number of benzene rings is 3. The molecule has 2 atom stereocenters. The molecule has 7 rings (SSSR count). The Hall–Kier alpha value is -3.91. The molecule has 4 fully saturated rings. The van der Waals surface area contributed by atoms with Gasteiger partial charge in [-0.1, -0.05) is 122 Å². The van der Waals surface area contributed by atoms with Crippen molar-refractivity contribution in [2.24, 2.45) is 11.8 Å². The Bertz CT molecular complexity index is 1800. The maximum atomic E-state index is 14.0. The number of nitrogens with zero attached hydrogens (tertiary/aromatic N) is 3. The van der Waals surface area contributed by atoms with Crippen LogP contribution in [0.4, 0.5) is 0 Å². The maximum Gasteiger partial charge on any atom is 0.254 e. The highest BCUT2D eigenvalue weighted by atomic mass is 16.5. The molecule has 0 radical (unpaired) electrons. The van der Waals surface area contributed by atoms with Crippen LogP contribution in [0.1, 0.15) is 139 Å². The smallest absolute Gasteiger partial charge is 0.254 e. The monoisotopic (exact) mass is 845 g/mol. The van der Waals surface area contributed by atoms with Gasteiger partial charge in [-0.2, -0.15) is 0 Å². The molecule has 2 saturated carbocycles. The molecular formula is C55H80N4O3. The fourth-order valence-corrected chi connectivity index (χ4v) is 10.5. The van der Waals surface area contributed by atoms with E-state index in [0.29, 0.717) is 42.9 Å². The second-order valence-corrected chi connectivity index (χ2v) is 18.7. The van der Waals surface area contributed by atoms with Gasteiger partial charge in [-0.25, -0.2) is 0 Å². The third-order valence-electron chi connectivity index (χ3n) is 13.6. The van der Waals surface area contributed by atoms with Gasteiger partial charge in [0.25, 0.3) is 5.91 Å². The SMILES string of the molecule is C/C(=C\c1ccccc1)CNC[C@@H]1CCCN1CC1CCCCC1.CCOc1ccc(C(=O)N(C/C(C)=C/c2ccccc2)C[C@@H]2CCCN2CC2CCCCC2)cc1OCC. The molecule has 0 aromatic heterocycles. The average Bonchev–Trinajstić information content (AvgIpc) is 3.93. The van der Waals surface area contributed by atoms with E-state index in [0.717, 1.165) is 56.0 Å². The first kappa shape index (κ1) is 47.6. The lowest BCUT2D eigenvalue weighted by Gasteiger charge is -2.34. The van der Waals surface area contributed by atoms with E-state index in [2.05, 4.69) is 101 Å². The molecule has 7 heteroatoms. The van der Waals surface area contributed by atoms with E-state index in [1.807, 2.05) is 38.1 Å². The molecule has 3 aromatic carbocycles. The van der Waals surface area contributed by atoms with Crippen LogP contribution in [0.5, 0.6) is 11.5 Å². The van der Waals surface area contributed by atoms with Gasteiger partial charge in [0, 0.05) is 56.9 Å². The zero-order valence-electron chi connectivity index (χ0n) is 39.0. The number of nitrogens with one attached hydrogen (secondary N) is 1. The van der Waals surface area contributed by atoms with Crippen LogP contribution in [0.3, 0.4) is 0 Å². The van der Waals surface area contributed by atoms with Crippen LogP contribution in [0.2, 0.25) is 0 Å². The fourth-order valence-electron chi connectivity index (χ4n) is 10.5. The van der Waals surface area contributed by atoms with Crippen molar-refractivity contribution in [3.8, 4) is 11.5 Å². The van der Waals surface area contributed by atoms with E-state index in [4.69, 9.17) is 9.47 Å². The summed E-state index contributed by atoms with van der Waals surface area (Å²) in [5.74, 6) is 3.16. The van der Waals surface area contributed by atoms with Crippen molar-refractivity contribution in [3.05, 3.63) is 107 Å². The number of hydrogen-bond acceptors (Lipinski definition) is 6. The predicted molar refractivity (Wildman–Crippen MR) is 260 cm³/mol. The first-order valence-corrected chi connectivity index (χ1v) is 24.7. The van der Waals surface area contributed by atoms with Crippen LogP contribution in [-0.2, 0) is 0 Å². The first-order valence-electron chi connectivity index (χ1n) is 24.7. The number of ether oxygens (including phenoxy) is 2. The highest BCUT2D eigenvalue weighted by Gasteiger charge is 2.31. The molecule has 1 N–H and O–H groups in total. The molecule has 62 heavy (non-hydrogen) atoms. The lowest BCUT2D eigenvalue weighted by atomic mass is 9.89. The van der Waals surface area contributed by atoms with Crippen LogP contribution in [0.15, 0.2) is 90.0 Å². The molecule has 0 unspecified atom stereocenters. The summed E-state index contributed by atoms with van der Waals surface area (Å²) in [7, 11) is 0. The van der Waals surface area contributed by atoms with Crippen LogP contribution in [-0.4, -0.2) is 98.3 Å². The summed E-state index contributed by atoms with van der Waals surface area (Å²) in [6.45, 7) is 17.9. The summed E-state index contributed by atoms with van der Waals surface area (Å²) in [4.78, 5) is 21.5. The van der Waals surface area contributed by atoms with Gasteiger partial charge in [-0.3, -0.25) is 14.6 Å². The number of carbonyl (C=O) groups excluding carboxylic acids is 1. The fraction of sp³-hybridized carbons (Fsp3) is 0.582. The molecule has 2 saturated heterocycles. The van der Waals surface area contributed by atoms with Gasteiger partial charge in [0.05, 0.1) is 13.2 Å². The normalized spacial score (nSPS) is 20.8. The van der Waals surface area contributed by atoms with Crippen molar-refractivity contribution in [1.82, 2.24) is 20.0 Å². The molecule has 0 bridgehead atoms. The van der Waals surface area contributed by atoms with E-state index >= 15 is 0 Å². The third-order valence-corrected chi connectivity index (χ3v) is 13.6. The molecule has 7 nitrogen and oxygen atoms in total.